The molecule has 0 aromatic heterocycles. The molecule has 5 heteroatoms. The number of rotatable bonds is 5. The van der Waals surface area contributed by atoms with Gasteiger partial charge in [-0.1, -0.05) is 19.1 Å². The van der Waals surface area contributed by atoms with Crippen LogP contribution in [-0.2, 0) is 9.59 Å². The Bertz CT molecular complexity index is 430. The van der Waals surface area contributed by atoms with Gasteiger partial charge in [0, 0.05) is 0 Å². The molecule has 0 heterocycles. The minimum absolute atomic E-state index is 0.362. The molecule has 0 aliphatic carbocycles. The predicted octanol–water partition coefficient (Wildman–Crippen LogP) is 1.91. The van der Waals surface area contributed by atoms with Crippen LogP contribution < -0.4 is 5.32 Å². The Balaban J connectivity index is 2.80. The van der Waals surface area contributed by atoms with Gasteiger partial charge in [-0.25, -0.2) is 4.39 Å². The summed E-state index contributed by atoms with van der Waals surface area (Å²) in [5.41, 5.74) is 0.675. The molecule has 0 spiro atoms. The molecule has 0 aliphatic heterocycles. The Morgan fingerprint density at radius 1 is 1.33 bits per heavy atom. The van der Waals surface area contributed by atoms with Gasteiger partial charge in [0.05, 0.1) is 5.92 Å². The molecule has 1 amide bonds. The van der Waals surface area contributed by atoms with Crippen molar-refractivity contribution in [3.63, 3.8) is 0 Å². The number of hydrogen-bond acceptors (Lipinski definition) is 2. The molecule has 0 saturated carbocycles. The zero-order chi connectivity index (χ0) is 13.7. The minimum Gasteiger partial charge on any atom is -0.480 e. The van der Waals surface area contributed by atoms with Crippen LogP contribution >= 0.6 is 0 Å². The number of carbonyl (C=O) groups excluding carboxylic acids is 1. The monoisotopic (exact) mass is 253 g/mol. The topological polar surface area (TPSA) is 66.4 Å². The van der Waals surface area contributed by atoms with Crippen molar-refractivity contribution in [2.75, 3.05) is 0 Å². The maximum atomic E-state index is 12.8. The van der Waals surface area contributed by atoms with Crippen LogP contribution in [0, 0.1) is 5.82 Å². The summed E-state index contributed by atoms with van der Waals surface area (Å²) < 4.78 is 12.8. The van der Waals surface area contributed by atoms with Gasteiger partial charge in [0.15, 0.2) is 0 Å². The summed E-state index contributed by atoms with van der Waals surface area (Å²) in [5.74, 6) is -2.28. The number of amides is 1. The third kappa shape index (κ3) is 3.55. The molecule has 2 unspecified atom stereocenters. The van der Waals surface area contributed by atoms with Gasteiger partial charge in [-0.3, -0.25) is 9.59 Å². The summed E-state index contributed by atoms with van der Waals surface area (Å²) in [4.78, 5) is 22.6. The van der Waals surface area contributed by atoms with Crippen molar-refractivity contribution in [1.29, 1.82) is 0 Å². The van der Waals surface area contributed by atoms with E-state index in [-0.39, 0.29) is 11.7 Å². The number of halogens is 1. The second-order valence-corrected chi connectivity index (χ2v) is 4.08. The fourth-order valence-electron chi connectivity index (χ4n) is 1.64. The third-order valence-electron chi connectivity index (χ3n) is 2.73. The predicted molar refractivity (Wildman–Crippen MR) is 64.7 cm³/mol. The fraction of sp³-hybridized carbons (Fsp3) is 0.385. The van der Waals surface area contributed by atoms with Crippen LogP contribution in [0.25, 0.3) is 0 Å². The Morgan fingerprint density at radius 3 is 2.33 bits per heavy atom. The van der Waals surface area contributed by atoms with E-state index in [1.165, 1.54) is 31.2 Å². The molecule has 1 aromatic carbocycles. The van der Waals surface area contributed by atoms with E-state index in [1.54, 1.807) is 0 Å². The van der Waals surface area contributed by atoms with Gasteiger partial charge in [0.25, 0.3) is 0 Å². The molecule has 0 bridgehead atoms. The highest BCUT2D eigenvalue weighted by Gasteiger charge is 2.22. The smallest absolute Gasteiger partial charge is 0.325 e. The average Bonchev–Trinajstić information content (AvgIpc) is 2.32. The highest BCUT2D eigenvalue weighted by molar-refractivity contribution is 5.87. The van der Waals surface area contributed by atoms with E-state index in [0.29, 0.717) is 12.0 Å². The number of carboxylic acids is 1. The van der Waals surface area contributed by atoms with E-state index in [0.717, 1.165) is 0 Å². The Morgan fingerprint density at radius 2 is 1.89 bits per heavy atom. The molecule has 2 atom stereocenters. The standard InChI is InChI=1S/C13H16FNO3/c1-3-11(9-4-6-10(14)7-5-9)12(16)15-8(2)13(17)18/h4-8,11H,3H2,1-2H3,(H,15,16)(H,17,18). The van der Waals surface area contributed by atoms with Gasteiger partial charge in [0.2, 0.25) is 5.91 Å². The van der Waals surface area contributed by atoms with Crippen LogP contribution in [0.15, 0.2) is 24.3 Å². The molecular weight excluding hydrogens is 237 g/mol. The molecular formula is C13H16FNO3. The second-order valence-electron chi connectivity index (χ2n) is 4.08. The van der Waals surface area contributed by atoms with Crippen LogP contribution in [0.1, 0.15) is 31.7 Å². The zero-order valence-corrected chi connectivity index (χ0v) is 10.3. The number of benzene rings is 1. The van der Waals surface area contributed by atoms with Gasteiger partial charge < -0.3 is 10.4 Å². The highest BCUT2D eigenvalue weighted by atomic mass is 19.1. The number of nitrogens with one attached hydrogen (secondary N) is 1. The van der Waals surface area contributed by atoms with Crippen molar-refractivity contribution in [2.24, 2.45) is 0 Å². The van der Waals surface area contributed by atoms with Crippen molar-refractivity contribution in [2.45, 2.75) is 32.2 Å². The van der Waals surface area contributed by atoms with E-state index in [4.69, 9.17) is 5.11 Å². The molecule has 98 valence electrons. The van der Waals surface area contributed by atoms with E-state index in [2.05, 4.69) is 5.32 Å². The molecule has 1 rings (SSSR count). The first-order valence-corrected chi connectivity index (χ1v) is 5.74. The summed E-state index contributed by atoms with van der Waals surface area (Å²) in [7, 11) is 0. The molecule has 0 fully saturated rings. The first-order chi connectivity index (χ1) is 8.45. The summed E-state index contributed by atoms with van der Waals surface area (Å²) in [6.07, 6.45) is 0.518. The lowest BCUT2D eigenvalue weighted by molar-refractivity contribution is -0.141. The van der Waals surface area contributed by atoms with Crippen molar-refractivity contribution >= 4 is 11.9 Å². The summed E-state index contributed by atoms with van der Waals surface area (Å²) in [6, 6.07) is 4.70. The SMILES string of the molecule is CCC(C(=O)NC(C)C(=O)O)c1ccc(F)cc1. The van der Waals surface area contributed by atoms with Crippen molar-refractivity contribution < 1.29 is 19.1 Å². The van der Waals surface area contributed by atoms with Crippen LogP contribution in [0.5, 0.6) is 0 Å². The molecule has 4 nitrogen and oxygen atoms in total. The van der Waals surface area contributed by atoms with Gasteiger partial charge in [-0.2, -0.15) is 0 Å². The molecule has 0 saturated heterocycles. The summed E-state index contributed by atoms with van der Waals surface area (Å²) in [6.45, 7) is 3.22. The Kier molecular flexibility index (Phi) is 4.83. The quantitative estimate of drug-likeness (QED) is 0.842. The molecule has 0 radical (unpaired) electrons. The first-order valence-electron chi connectivity index (χ1n) is 5.74. The van der Waals surface area contributed by atoms with Gasteiger partial charge in [-0.05, 0) is 31.0 Å². The van der Waals surface area contributed by atoms with Crippen LogP contribution in [0.3, 0.4) is 0 Å². The number of carboxylic acid groups (broad SMARTS) is 1. The number of aliphatic carboxylic acids is 1. The Labute approximate surface area is 105 Å². The molecule has 2 N–H and O–H groups in total. The normalized spacial score (nSPS) is 13.7. The number of carbonyl (C=O) groups is 2. The average molecular weight is 253 g/mol. The van der Waals surface area contributed by atoms with E-state index in [1.807, 2.05) is 6.92 Å². The van der Waals surface area contributed by atoms with Crippen LogP contribution in [0.4, 0.5) is 4.39 Å². The molecule has 1 aromatic rings. The van der Waals surface area contributed by atoms with E-state index in [9.17, 15) is 14.0 Å². The molecule has 18 heavy (non-hydrogen) atoms. The summed E-state index contributed by atoms with van der Waals surface area (Å²) >= 11 is 0. The Hall–Kier alpha value is -1.91. The van der Waals surface area contributed by atoms with Crippen molar-refractivity contribution in [3.05, 3.63) is 35.6 Å². The third-order valence-corrected chi connectivity index (χ3v) is 2.73. The van der Waals surface area contributed by atoms with E-state index < -0.39 is 17.9 Å². The van der Waals surface area contributed by atoms with E-state index >= 15 is 0 Å². The fourth-order valence-corrected chi connectivity index (χ4v) is 1.64. The summed E-state index contributed by atoms with van der Waals surface area (Å²) in [5, 5.41) is 11.1. The highest BCUT2D eigenvalue weighted by Crippen LogP contribution is 2.20. The van der Waals surface area contributed by atoms with Crippen molar-refractivity contribution in [1.82, 2.24) is 5.32 Å². The van der Waals surface area contributed by atoms with Gasteiger partial charge >= 0.3 is 5.97 Å². The van der Waals surface area contributed by atoms with Gasteiger partial charge in [0.1, 0.15) is 11.9 Å². The lowest BCUT2D eigenvalue weighted by atomic mass is 9.95. The maximum absolute atomic E-state index is 12.8. The second kappa shape index (κ2) is 6.14. The van der Waals surface area contributed by atoms with Crippen LogP contribution in [-0.4, -0.2) is 23.0 Å². The van der Waals surface area contributed by atoms with Crippen molar-refractivity contribution in [3.8, 4) is 0 Å². The zero-order valence-electron chi connectivity index (χ0n) is 10.3. The lowest BCUT2D eigenvalue weighted by Gasteiger charge is -2.17. The first kappa shape index (κ1) is 14.2. The minimum atomic E-state index is -1.09. The maximum Gasteiger partial charge on any atom is 0.325 e. The number of hydrogen-bond donors (Lipinski definition) is 2. The lowest BCUT2D eigenvalue weighted by Crippen LogP contribution is -2.40. The van der Waals surface area contributed by atoms with Gasteiger partial charge in [-0.15, -0.1) is 0 Å². The van der Waals surface area contributed by atoms with Crippen LogP contribution in [0.2, 0.25) is 0 Å². The molecule has 0 aliphatic rings. The largest absolute Gasteiger partial charge is 0.480 e.